The Morgan fingerprint density at radius 3 is 2.71 bits per heavy atom. The van der Waals surface area contributed by atoms with Crippen LogP contribution in [0.4, 0.5) is 5.82 Å². The standard InChI is InChI=1S/C16H16BrClN4O2/c1-22(13-6-5-12(18)8-20-13)9-14(23)21-15(16(19)24)10-3-2-4-11(17)7-10/h2-8,15H,9H2,1H3,(H2,19,24)(H,21,23)/t15-/m1/s1. The number of benzene rings is 1. The van der Waals surface area contributed by atoms with E-state index >= 15 is 0 Å². The van der Waals surface area contributed by atoms with Crippen LogP contribution in [0.1, 0.15) is 11.6 Å². The number of anilines is 1. The minimum absolute atomic E-state index is 0.0203. The van der Waals surface area contributed by atoms with E-state index in [1.807, 2.05) is 6.07 Å². The lowest BCUT2D eigenvalue weighted by Crippen LogP contribution is -2.42. The molecule has 1 atom stereocenters. The average Bonchev–Trinajstić information content (AvgIpc) is 2.52. The number of nitrogens with zero attached hydrogens (tertiary/aromatic N) is 2. The first-order valence-corrected chi connectivity index (χ1v) is 8.21. The van der Waals surface area contributed by atoms with Crippen LogP contribution in [-0.2, 0) is 9.59 Å². The summed E-state index contributed by atoms with van der Waals surface area (Å²) < 4.78 is 0.794. The van der Waals surface area contributed by atoms with Crippen LogP contribution in [0.2, 0.25) is 5.02 Å². The van der Waals surface area contributed by atoms with Crippen LogP contribution in [0.3, 0.4) is 0 Å². The Bertz CT molecular complexity index is 739. The van der Waals surface area contributed by atoms with Gasteiger partial charge in [-0.05, 0) is 29.8 Å². The summed E-state index contributed by atoms with van der Waals surface area (Å²) in [5.41, 5.74) is 6.02. The van der Waals surface area contributed by atoms with Gasteiger partial charge in [0, 0.05) is 17.7 Å². The molecule has 0 saturated carbocycles. The highest BCUT2D eigenvalue weighted by atomic mass is 79.9. The van der Waals surface area contributed by atoms with Gasteiger partial charge in [0.25, 0.3) is 0 Å². The third-order valence-electron chi connectivity index (χ3n) is 3.26. The van der Waals surface area contributed by atoms with Gasteiger partial charge in [0.15, 0.2) is 0 Å². The summed E-state index contributed by atoms with van der Waals surface area (Å²) in [5.74, 6) is -0.389. The number of hydrogen-bond acceptors (Lipinski definition) is 4. The number of nitrogens with one attached hydrogen (secondary N) is 1. The van der Waals surface area contributed by atoms with Crippen molar-refractivity contribution in [3.63, 3.8) is 0 Å². The fourth-order valence-electron chi connectivity index (χ4n) is 2.10. The molecule has 0 fully saturated rings. The number of likely N-dealkylation sites (N-methyl/N-ethyl adjacent to an activating group) is 1. The van der Waals surface area contributed by atoms with Gasteiger partial charge in [-0.2, -0.15) is 0 Å². The summed E-state index contributed by atoms with van der Waals surface area (Å²) in [6, 6.07) is 9.54. The van der Waals surface area contributed by atoms with Gasteiger partial charge in [0.2, 0.25) is 11.8 Å². The van der Waals surface area contributed by atoms with Gasteiger partial charge in [-0.15, -0.1) is 0 Å². The Kier molecular flexibility index (Phi) is 6.16. The highest BCUT2D eigenvalue weighted by Gasteiger charge is 2.21. The second kappa shape index (κ2) is 8.12. The maximum Gasteiger partial charge on any atom is 0.244 e. The molecule has 0 bridgehead atoms. The fraction of sp³-hybridized carbons (Fsp3) is 0.188. The number of halogens is 2. The van der Waals surface area contributed by atoms with Gasteiger partial charge in [0.1, 0.15) is 11.9 Å². The zero-order valence-corrected chi connectivity index (χ0v) is 15.2. The molecule has 0 aliphatic carbocycles. The van der Waals surface area contributed by atoms with E-state index in [0.717, 1.165) is 4.47 Å². The summed E-state index contributed by atoms with van der Waals surface area (Å²) in [6.07, 6.45) is 1.50. The maximum atomic E-state index is 12.2. The smallest absolute Gasteiger partial charge is 0.244 e. The van der Waals surface area contributed by atoms with Gasteiger partial charge in [0.05, 0.1) is 11.6 Å². The largest absolute Gasteiger partial charge is 0.368 e. The Morgan fingerprint density at radius 1 is 1.38 bits per heavy atom. The molecule has 2 aromatic rings. The Balaban J connectivity index is 2.05. The molecule has 24 heavy (non-hydrogen) atoms. The normalized spacial score (nSPS) is 11.6. The third-order valence-corrected chi connectivity index (χ3v) is 3.97. The van der Waals surface area contributed by atoms with Crippen LogP contribution in [0, 0.1) is 0 Å². The van der Waals surface area contributed by atoms with E-state index in [1.165, 1.54) is 6.20 Å². The van der Waals surface area contributed by atoms with Gasteiger partial charge >= 0.3 is 0 Å². The van der Waals surface area contributed by atoms with E-state index in [1.54, 1.807) is 42.3 Å². The first-order valence-electron chi connectivity index (χ1n) is 7.03. The molecule has 3 N–H and O–H groups in total. The summed E-state index contributed by atoms with van der Waals surface area (Å²) in [7, 11) is 1.72. The van der Waals surface area contributed by atoms with E-state index in [2.05, 4.69) is 26.2 Å². The molecule has 6 nitrogen and oxygen atoms in total. The molecular weight excluding hydrogens is 396 g/mol. The monoisotopic (exact) mass is 410 g/mol. The Hall–Kier alpha value is -2.12. The number of rotatable bonds is 6. The quantitative estimate of drug-likeness (QED) is 0.763. The van der Waals surface area contributed by atoms with Gasteiger partial charge in [-0.1, -0.05) is 39.7 Å². The van der Waals surface area contributed by atoms with Crippen LogP contribution in [0.25, 0.3) is 0 Å². The molecule has 2 amide bonds. The van der Waals surface area contributed by atoms with Crippen molar-refractivity contribution in [2.24, 2.45) is 5.73 Å². The second-order valence-corrected chi connectivity index (χ2v) is 6.50. The number of amides is 2. The van der Waals surface area contributed by atoms with Crippen molar-refractivity contribution in [2.45, 2.75) is 6.04 Å². The number of carbonyl (C=O) groups excluding carboxylic acids is 2. The molecule has 0 aliphatic heterocycles. The van der Waals surface area contributed by atoms with Crippen molar-refractivity contribution in [3.8, 4) is 0 Å². The number of carbonyl (C=O) groups is 2. The fourth-order valence-corrected chi connectivity index (χ4v) is 2.63. The number of hydrogen-bond donors (Lipinski definition) is 2. The predicted octanol–water partition coefficient (Wildman–Crippen LogP) is 2.28. The lowest BCUT2D eigenvalue weighted by molar-refractivity contribution is -0.126. The number of pyridine rings is 1. The Labute approximate surface area is 153 Å². The lowest BCUT2D eigenvalue weighted by atomic mass is 10.1. The van der Waals surface area contributed by atoms with Crippen molar-refractivity contribution in [1.29, 1.82) is 0 Å². The molecule has 0 unspecified atom stereocenters. The SMILES string of the molecule is CN(CC(=O)N[C@@H](C(N)=O)c1cccc(Br)c1)c1ccc(Cl)cn1. The van der Waals surface area contributed by atoms with Crippen molar-refractivity contribution in [1.82, 2.24) is 10.3 Å². The van der Waals surface area contributed by atoms with Crippen molar-refractivity contribution >= 4 is 45.2 Å². The van der Waals surface area contributed by atoms with Crippen molar-refractivity contribution < 1.29 is 9.59 Å². The minimum Gasteiger partial charge on any atom is -0.368 e. The summed E-state index contributed by atoms with van der Waals surface area (Å²) in [5, 5.41) is 3.16. The molecule has 8 heteroatoms. The topological polar surface area (TPSA) is 88.3 Å². The Morgan fingerprint density at radius 2 is 2.12 bits per heavy atom. The molecule has 126 valence electrons. The van der Waals surface area contributed by atoms with Gasteiger partial charge < -0.3 is 16.0 Å². The number of nitrogens with two attached hydrogens (primary N) is 1. The zero-order chi connectivity index (χ0) is 17.7. The van der Waals surface area contributed by atoms with E-state index in [9.17, 15) is 9.59 Å². The molecular formula is C16H16BrClN4O2. The molecule has 1 heterocycles. The molecule has 2 rings (SSSR count). The molecule has 1 aromatic heterocycles. The molecule has 0 aliphatic rings. The van der Waals surface area contributed by atoms with Crippen LogP contribution in [0.15, 0.2) is 47.1 Å². The summed E-state index contributed by atoms with van der Waals surface area (Å²) >= 11 is 9.12. The maximum absolute atomic E-state index is 12.2. The minimum atomic E-state index is -0.901. The molecule has 0 saturated heterocycles. The third kappa shape index (κ3) is 4.94. The highest BCUT2D eigenvalue weighted by Crippen LogP contribution is 2.18. The first-order chi connectivity index (χ1) is 11.4. The molecule has 0 spiro atoms. The van der Waals surface area contributed by atoms with Crippen LogP contribution < -0.4 is 16.0 Å². The highest BCUT2D eigenvalue weighted by molar-refractivity contribution is 9.10. The van der Waals surface area contributed by atoms with Crippen LogP contribution >= 0.6 is 27.5 Å². The van der Waals surface area contributed by atoms with E-state index in [-0.39, 0.29) is 12.5 Å². The van der Waals surface area contributed by atoms with Crippen molar-refractivity contribution in [2.75, 3.05) is 18.5 Å². The van der Waals surface area contributed by atoms with Crippen LogP contribution in [-0.4, -0.2) is 30.4 Å². The van der Waals surface area contributed by atoms with Gasteiger partial charge in [-0.25, -0.2) is 4.98 Å². The second-order valence-electron chi connectivity index (χ2n) is 5.15. The van der Waals surface area contributed by atoms with Crippen molar-refractivity contribution in [3.05, 3.63) is 57.7 Å². The van der Waals surface area contributed by atoms with Gasteiger partial charge in [-0.3, -0.25) is 9.59 Å². The van der Waals surface area contributed by atoms with E-state index in [0.29, 0.717) is 16.4 Å². The number of aromatic nitrogens is 1. The summed E-state index contributed by atoms with van der Waals surface area (Å²) in [6.45, 7) is 0.0203. The van der Waals surface area contributed by atoms with Crippen LogP contribution in [0.5, 0.6) is 0 Å². The molecule has 1 aromatic carbocycles. The lowest BCUT2D eigenvalue weighted by Gasteiger charge is -2.20. The zero-order valence-electron chi connectivity index (χ0n) is 12.9. The predicted molar refractivity (Wildman–Crippen MR) is 96.7 cm³/mol. The average molecular weight is 412 g/mol. The number of primary amides is 1. The first kappa shape index (κ1) is 18.2. The van der Waals surface area contributed by atoms with E-state index < -0.39 is 11.9 Å². The van der Waals surface area contributed by atoms with E-state index in [4.69, 9.17) is 17.3 Å². The molecule has 0 radical (unpaired) electrons. The summed E-state index contributed by atoms with van der Waals surface area (Å²) in [4.78, 5) is 29.7.